The Bertz CT molecular complexity index is 380. The molecule has 1 N–H and O–H groups in total. The summed E-state index contributed by atoms with van der Waals surface area (Å²) >= 11 is 3.36. The number of hydrogen-bond donors (Lipinski definition) is 1. The number of nitro benzene ring substituents is 1. The lowest BCUT2D eigenvalue weighted by Crippen LogP contribution is -2.05. The van der Waals surface area contributed by atoms with Gasteiger partial charge in [0.05, 0.1) is 10.6 Å². The lowest BCUT2D eigenvalue weighted by Gasteiger charge is -2.09. The van der Waals surface area contributed by atoms with Crippen LogP contribution < -0.4 is 5.32 Å². The van der Waals surface area contributed by atoms with Crippen molar-refractivity contribution in [3.05, 3.63) is 32.8 Å². The summed E-state index contributed by atoms with van der Waals surface area (Å²) < 4.78 is 0.849. The Morgan fingerprint density at radius 3 is 2.75 bits per heavy atom. The van der Waals surface area contributed by atoms with Gasteiger partial charge in [-0.25, -0.2) is 0 Å². The average molecular weight is 287 g/mol. The van der Waals surface area contributed by atoms with E-state index in [1.807, 2.05) is 0 Å². The summed E-state index contributed by atoms with van der Waals surface area (Å²) in [5.74, 6) is 0.616. The van der Waals surface area contributed by atoms with Crippen LogP contribution in [0.2, 0.25) is 0 Å². The first-order chi connectivity index (χ1) is 7.50. The molecule has 1 aromatic carbocycles. The van der Waals surface area contributed by atoms with Gasteiger partial charge in [0, 0.05) is 23.2 Å². The highest BCUT2D eigenvalue weighted by Gasteiger charge is 2.08. The Morgan fingerprint density at radius 2 is 2.19 bits per heavy atom. The molecule has 0 atom stereocenters. The molecule has 16 heavy (non-hydrogen) atoms. The van der Waals surface area contributed by atoms with Crippen molar-refractivity contribution in [3.63, 3.8) is 0 Å². The van der Waals surface area contributed by atoms with Crippen LogP contribution in [0.4, 0.5) is 11.4 Å². The third kappa shape index (κ3) is 3.81. The van der Waals surface area contributed by atoms with E-state index in [1.54, 1.807) is 12.1 Å². The van der Waals surface area contributed by atoms with E-state index in [0.717, 1.165) is 23.1 Å². The Hall–Kier alpha value is -1.10. The average Bonchev–Trinajstić information content (AvgIpc) is 2.20. The molecular weight excluding hydrogens is 272 g/mol. The smallest absolute Gasteiger partial charge is 0.271 e. The standard InChI is InChI=1S/C11H15BrN2O2/c1-8(2)5-6-13-11-7-9(14(15)16)3-4-10(11)12/h3-4,7-8,13H,5-6H2,1-2H3. The van der Waals surface area contributed by atoms with E-state index in [0.29, 0.717) is 5.92 Å². The number of nitrogens with one attached hydrogen (secondary N) is 1. The SMILES string of the molecule is CC(C)CCNc1cc([N+](=O)[O-])ccc1Br. The maximum Gasteiger partial charge on any atom is 0.271 e. The summed E-state index contributed by atoms with van der Waals surface area (Å²) in [6, 6.07) is 4.72. The number of rotatable bonds is 5. The van der Waals surface area contributed by atoms with Gasteiger partial charge in [-0.15, -0.1) is 0 Å². The van der Waals surface area contributed by atoms with Crippen molar-refractivity contribution in [1.82, 2.24) is 0 Å². The molecule has 5 heteroatoms. The third-order valence-corrected chi connectivity index (χ3v) is 2.89. The number of benzene rings is 1. The second-order valence-corrected chi connectivity index (χ2v) is 4.88. The van der Waals surface area contributed by atoms with Crippen LogP contribution in [0.15, 0.2) is 22.7 Å². The molecule has 0 aromatic heterocycles. The maximum absolute atomic E-state index is 10.6. The molecule has 0 aliphatic rings. The summed E-state index contributed by atoms with van der Waals surface area (Å²) in [6.45, 7) is 5.10. The second-order valence-electron chi connectivity index (χ2n) is 4.03. The van der Waals surface area contributed by atoms with E-state index in [-0.39, 0.29) is 10.6 Å². The topological polar surface area (TPSA) is 55.2 Å². The van der Waals surface area contributed by atoms with E-state index in [4.69, 9.17) is 0 Å². The van der Waals surface area contributed by atoms with E-state index >= 15 is 0 Å². The van der Waals surface area contributed by atoms with Crippen LogP contribution in [0.3, 0.4) is 0 Å². The second kappa shape index (κ2) is 5.84. The summed E-state index contributed by atoms with van der Waals surface area (Å²) in [4.78, 5) is 10.2. The fourth-order valence-corrected chi connectivity index (χ4v) is 1.64. The van der Waals surface area contributed by atoms with Gasteiger partial charge in [-0.3, -0.25) is 10.1 Å². The minimum atomic E-state index is -0.389. The molecule has 0 unspecified atom stereocenters. The molecule has 0 aliphatic carbocycles. The van der Waals surface area contributed by atoms with Crippen molar-refractivity contribution in [2.24, 2.45) is 5.92 Å². The van der Waals surface area contributed by atoms with Gasteiger partial charge >= 0.3 is 0 Å². The molecular formula is C11H15BrN2O2. The first-order valence-electron chi connectivity index (χ1n) is 5.18. The largest absolute Gasteiger partial charge is 0.384 e. The number of halogens is 1. The van der Waals surface area contributed by atoms with Crippen molar-refractivity contribution in [2.45, 2.75) is 20.3 Å². The Morgan fingerprint density at radius 1 is 1.50 bits per heavy atom. The summed E-state index contributed by atoms with van der Waals surface area (Å²) in [5, 5.41) is 13.8. The van der Waals surface area contributed by atoms with Gasteiger partial charge in [0.25, 0.3) is 5.69 Å². The van der Waals surface area contributed by atoms with Gasteiger partial charge in [-0.2, -0.15) is 0 Å². The predicted octanol–water partition coefficient (Wildman–Crippen LogP) is 3.82. The summed E-state index contributed by atoms with van der Waals surface area (Å²) in [5.41, 5.74) is 0.880. The van der Waals surface area contributed by atoms with Crippen LogP contribution >= 0.6 is 15.9 Å². The highest BCUT2D eigenvalue weighted by molar-refractivity contribution is 9.10. The normalized spacial score (nSPS) is 10.5. The van der Waals surface area contributed by atoms with Crippen molar-refractivity contribution in [1.29, 1.82) is 0 Å². The zero-order valence-electron chi connectivity index (χ0n) is 9.37. The van der Waals surface area contributed by atoms with E-state index in [1.165, 1.54) is 6.07 Å². The van der Waals surface area contributed by atoms with Crippen LogP contribution in [0.5, 0.6) is 0 Å². The Labute approximate surface area is 103 Å². The van der Waals surface area contributed by atoms with Crippen molar-refractivity contribution >= 4 is 27.3 Å². The van der Waals surface area contributed by atoms with Crippen molar-refractivity contribution < 1.29 is 4.92 Å². The lowest BCUT2D eigenvalue weighted by molar-refractivity contribution is -0.384. The predicted molar refractivity (Wildman–Crippen MR) is 68.7 cm³/mol. The minimum Gasteiger partial charge on any atom is -0.384 e. The van der Waals surface area contributed by atoms with Gasteiger partial charge < -0.3 is 5.32 Å². The first kappa shape index (κ1) is 13.0. The molecule has 0 radical (unpaired) electrons. The number of anilines is 1. The molecule has 0 aliphatic heterocycles. The summed E-state index contributed by atoms with van der Waals surface area (Å²) in [7, 11) is 0. The van der Waals surface area contributed by atoms with Crippen molar-refractivity contribution in [3.8, 4) is 0 Å². The van der Waals surface area contributed by atoms with Crippen LogP contribution in [0.1, 0.15) is 20.3 Å². The fourth-order valence-electron chi connectivity index (χ4n) is 1.26. The Kier molecular flexibility index (Phi) is 4.73. The summed E-state index contributed by atoms with van der Waals surface area (Å²) in [6.07, 6.45) is 1.04. The minimum absolute atomic E-state index is 0.107. The fraction of sp³-hybridized carbons (Fsp3) is 0.455. The molecule has 0 fully saturated rings. The quantitative estimate of drug-likeness (QED) is 0.661. The molecule has 88 valence electrons. The molecule has 0 amide bonds. The monoisotopic (exact) mass is 286 g/mol. The molecule has 0 saturated carbocycles. The van der Waals surface area contributed by atoms with Gasteiger partial charge in [0.2, 0.25) is 0 Å². The van der Waals surface area contributed by atoms with Crippen LogP contribution in [0, 0.1) is 16.0 Å². The zero-order valence-corrected chi connectivity index (χ0v) is 11.0. The first-order valence-corrected chi connectivity index (χ1v) is 5.98. The van der Waals surface area contributed by atoms with Crippen molar-refractivity contribution in [2.75, 3.05) is 11.9 Å². The molecule has 4 nitrogen and oxygen atoms in total. The molecule has 1 aromatic rings. The van der Waals surface area contributed by atoms with Gasteiger partial charge in [-0.1, -0.05) is 13.8 Å². The van der Waals surface area contributed by atoms with Crippen LogP contribution in [0.25, 0.3) is 0 Å². The van der Waals surface area contributed by atoms with Gasteiger partial charge in [-0.05, 0) is 34.3 Å². The number of nitrogens with zero attached hydrogens (tertiary/aromatic N) is 1. The van der Waals surface area contributed by atoms with Crippen LogP contribution in [-0.2, 0) is 0 Å². The third-order valence-electron chi connectivity index (χ3n) is 2.20. The molecule has 0 spiro atoms. The zero-order chi connectivity index (χ0) is 12.1. The van der Waals surface area contributed by atoms with E-state index in [2.05, 4.69) is 35.1 Å². The molecule has 0 heterocycles. The van der Waals surface area contributed by atoms with Gasteiger partial charge in [0.1, 0.15) is 0 Å². The molecule has 0 saturated heterocycles. The maximum atomic E-state index is 10.6. The molecule has 0 bridgehead atoms. The molecule has 1 rings (SSSR count). The Balaban J connectivity index is 2.70. The van der Waals surface area contributed by atoms with Gasteiger partial charge in [0.15, 0.2) is 0 Å². The number of hydrogen-bond acceptors (Lipinski definition) is 3. The van der Waals surface area contributed by atoms with Crippen LogP contribution in [-0.4, -0.2) is 11.5 Å². The van der Waals surface area contributed by atoms with E-state index < -0.39 is 0 Å². The lowest BCUT2D eigenvalue weighted by atomic mass is 10.1. The highest BCUT2D eigenvalue weighted by atomic mass is 79.9. The van der Waals surface area contributed by atoms with E-state index in [9.17, 15) is 10.1 Å². The number of non-ortho nitro benzene ring substituents is 1. The highest BCUT2D eigenvalue weighted by Crippen LogP contribution is 2.27. The number of nitro groups is 1.